The van der Waals surface area contributed by atoms with Gasteiger partial charge in [0.25, 0.3) is 0 Å². The lowest BCUT2D eigenvalue weighted by molar-refractivity contribution is -0.0245. The summed E-state index contributed by atoms with van der Waals surface area (Å²) in [7, 11) is -3.63. The van der Waals surface area contributed by atoms with Crippen molar-refractivity contribution in [1.82, 2.24) is 0 Å². The Hall–Kier alpha value is -2.22. The zero-order valence-corrected chi connectivity index (χ0v) is 17.6. The molecule has 0 amide bonds. The van der Waals surface area contributed by atoms with E-state index in [1.165, 1.54) is 6.40 Å². The minimum atomic E-state index is -3.63. The predicted molar refractivity (Wildman–Crippen MR) is 112 cm³/mol. The van der Waals surface area contributed by atoms with Gasteiger partial charge >= 0.3 is 0 Å². The molecule has 1 saturated carbocycles. The molecule has 6 atom stereocenters. The first-order valence-electron chi connectivity index (χ1n) is 10.3. The molecule has 7 heteroatoms. The highest BCUT2D eigenvalue weighted by molar-refractivity contribution is 7.92. The molecule has 5 rings (SSSR count). The van der Waals surface area contributed by atoms with Gasteiger partial charge in [-0.25, -0.2) is 13.4 Å². The molecule has 2 aromatic carbocycles. The number of nitrogens with zero attached hydrogens (tertiary/aromatic N) is 1. The summed E-state index contributed by atoms with van der Waals surface area (Å²) >= 11 is 0. The van der Waals surface area contributed by atoms with Crippen LogP contribution < -0.4 is 0 Å². The molecule has 0 spiro atoms. The number of hydrogen-bond donors (Lipinski definition) is 0. The van der Waals surface area contributed by atoms with Crippen LogP contribution in [-0.4, -0.2) is 45.1 Å². The molecule has 2 unspecified atom stereocenters. The Morgan fingerprint density at radius 3 is 2.53 bits per heavy atom. The molecule has 1 saturated heterocycles. The molecule has 0 N–H and O–H groups in total. The highest BCUT2D eigenvalue weighted by atomic mass is 32.2. The predicted octanol–water partition coefficient (Wildman–Crippen LogP) is 3.14. The zero-order chi connectivity index (χ0) is 20.7. The Labute approximate surface area is 176 Å². The second kappa shape index (κ2) is 7.80. The van der Waals surface area contributed by atoms with Gasteiger partial charge in [-0.1, -0.05) is 48.0 Å². The van der Waals surface area contributed by atoms with E-state index in [2.05, 4.69) is 4.99 Å². The zero-order valence-electron chi connectivity index (χ0n) is 16.8. The van der Waals surface area contributed by atoms with Crippen molar-refractivity contribution in [3.63, 3.8) is 0 Å². The van der Waals surface area contributed by atoms with E-state index in [1.807, 2.05) is 37.3 Å². The summed E-state index contributed by atoms with van der Waals surface area (Å²) in [6.45, 7) is 3.18. The lowest BCUT2D eigenvalue weighted by Gasteiger charge is -2.25. The molecular weight excluding hydrogens is 402 g/mol. The third kappa shape index (κ3) is 3.66. The summed E-state index contributed by atoms with van der Waals surface area (Å²) in [4.78, 5) is 4.40. The molecule has 3 aliphatic rings. The summed E-state index contributed by atoms with van der Waals surface area (Å²) in [5.41, 5.74) is 2.17. The standard InChI is InChI=1S/C23H25NO5S/c1-15-7-9-17(10-8-15)30(25,26)23-22(28-14-24-23)20-11-18-19(21(18)29-20)13-27-12-16-5-3-2-4-6-16/h2-10,14,18-23H,11-13H2,1H3/t18-,19-,20+,21-,22?,23?/m0/s1. The van der Waals surface area contributed by atoms with Crippen molar-refractivity contribution in [3.8, 4) is 0 Å². The molecule has 2 aromatic rings. The van der Waals surface area contributed by atoms with E-state index in [-0.39, 0.29) is 17.1 Å². The Morgan fingerprint density at radius 1 is 1.07 bits per heavy atom. The van der Waals surface area contributed by atoms with Gasteiger partial charge in [0.15, 0.2) is 17.9 Å². The van der Waals surface area contributed by atoms with Gasteiger partial charge in [0.05, 0.1) is 30.3 Å². The molecule has 0 aromatic heterocycles. The van der Waals surface area contributed by atoms with Crippen LogP contribution in [0.2, 0.25) is 0 Å². The van der Waals surface area contributed by atoms with Gasteiger partial charge in [0.1, 0.15) is 0 Å². The fourth-order valence-electron chi connectivity index (χ4n) is 4.48. The molecule has 2 aliphatic heterocycles. The van der Waals surface area contributed by atoms with Crippen LogP contribution in [-0.2, 0) is 30.7 Å². The number of aliphatic imine (C=N–C) groups is 1. The Bertz CT molecular complexity index is 1010. The van der Waals surface area contributed by atoms with Crippen LogP contribution in [0.3, 0.4) is 0 Å². The van der Waals surface area contributed by atoms with E-state index in [9.17, 15) is 8.42 Å². The highest BCUT2D eigenvalue weighted by Crippen LogP contribution is 2.53. The van der Waals surface area contributed by atoms with E-state index in [4.69, 9.17) is 14.2 Å². The fourth-order valence-corrected chi connectivity index (χ4v) is 6.07. The van der Waals surface area contributed by atoms with Crippen LogP contribution in [0.1, 0.15) is 17.5 Å². The molecule has 30 heavy (non-hydrogen) atoms. The smallest absolute Gasteiger partial charge is 0.205 e. The van der Waals surface area contributed by atoms with Crippen molar-refractivity contribution >= 4 is 16.2 Å². The van der Waals surface area contributed by atoms with Crippen LogP contribution in [0.5, 0.6) is 0 Å². The average molecular weight is 428 g/mol. The van der Waals surface area contributed by atoms with Gasteiger partial charge in [-0.3, -0.25) is 0 Å². The molecule has 1 aliphatic carbocycles. The number of benzene rings is 2. The fraction of sp³-hybridized carbons (Fsp3) is 0.435. The number of sulfone groups is 1. The van der Waals surface area contributed by atoms with Crippen molar-refractivity contribution in [2.75, 3.05) is 6.61 Å². The van der Waals surface area contributed by atoms with Crippen LogP contribution in [0.4, 0.5) is 0 Å². The monoisotopic (exact) mass is 427 g/mol. The van der Waals surface area contributed by atoms with Gasteiger partial charge in [-0.05, 0) is 37.0 Å². The SMILES string of the molecule is Cc1ccc(S(=O)(=O)C2N=COC2[C@H]2C[C@H]3[C@H](COCc4ccccc4)[C@H]3O2)cc1. The van der Waals surface area contributed by atoms with Gasteiger partial charge < -0.3 is 14.2 Å². The Balaban J connectivity index is 1.17. The maximum Gasteiger partial charge on any atom is 0.205 e. The van der Waals surface area contributed by atoms with Crippen molar-refractivity contribution in [3.05, 3.63) is 65.7 Å². The minimum absolute atomic E-state index is 0.123. The number of rotatable bonds is 7. The van der Waals surface area contributed by atoms with Crippen LogP contribution in [0, 0.1) is 18.8 Å². The molecule has 0 radical (unpaired) electrons. The molecule has 0 bridgehead atoms. The maximum absolute atomic E-state index is 13.1. The first kappa shape index (κ1) is 19.7. The first-order chi connectivity index (χ1) is 14.5. The van der Waals surface area contributed by atoms with Crippen molar-refractivity contribution in [2.24, 2.45) is 16.8 Å². The quantitative estimate of drug-likeness (QED) is 0.679. The maximum atomic E-state index is 13.1. The van der Waals surface area contributed by atoms with Gasteiger partial charge in [-0.2, -0.15) is 0 Å². The summed E-state index contributed by atoms with van der Waals surface area (Å²) < 4.78 is 43.8. The third-order valence-electron chi connectivity index (χ3n) is 6.25. The number of ether oxygens (including phenoxy) is 3. The van der Waals surface area contributed by atoms with Gasteiger partial charge in [-0.15, -0.1) is 0 Å². The second-order valence-electron chi connectivity index (χ2n) is 8.31. The van der Waals surface area contributed by atoms with E-state index in [0.29, 0.717) is 25.0 Å². The summed E-state index contributed by atoms with van der Waals surface area (Å²) in [5.74, 6) is 0.775. The van der Waals surface area contributed by atoms with Crippen molar-refractivity contribution in [2.45, 2.75) is 48.5 Å². The molecule has 6 nitrogen and oxygen atoms in total. The van der Waals surface area contributed by atoms with Crippen molar-refractivity contribution in [1.29, 1.82) is 0 Å². The molecular formula is C23H25NO5S. The Kier molecular flexibility index (Phi) is 5.13. The normalized spacial score (nSPS) is 32.0. The minimum Gasteiger partial charge on any atom is -0.474 e. The van der Waals surface area contributed by atoms with E-state index in [0.717, 1.165) is 17.5 Å². The van der Waals surface area contributed by atoms with Crippen molar-refractivity contribution < 1.29 is 22.6 Å². The summed E-state index contributed by atoms with van der Waals surface area (Å²) in [6.07, 6.45) is 1.29. The lowest BCUT2D eigenvalue weighted by Crippen LogP contribution is -2.40. The Morgan fingerprint density at radius 2 is 1.83 bits per heavy atom. The number of hydrogen-bond acceptors (Lipinski definition) is 6. The third-order valence-corrected chi connectivity index (χ3v) is 8.21. The largest absolute Gasteiger partial charge is 0.474 e. The highest BCUT2D eigenvalue weighted by Gasteiger charge is 2.61. The van der Waals surface area contributed by atoms with Crippen LogP contribution >= 0.6 is 0 Å². The number of aryl methyl sites for hydroxylation is 1. The van der Waals surface area contributed by atoms with E-state index >= 15 is 0 Å². The topological polar surface area (TPSA) is 74.2 Å². The molecule has 158 valence electrons. The summed E-state index contributed by atoms with van der Waals surface area (Å²) in [5, 5.41) is -0.963. The summed E-state index contributed by atoms with van der Waals surface area (Å²) in [6, 6.07) is 16.9. The van der Waals surface area contributed by atoms with E-state index < -0.39 is 21.3 Å². The first-order valence-corrected chi connectivity index (χ1v) is 11.8. The lowest BCUT2D eigenvalue weighted by atomic mass is 10.1. The van der Waals surface area contributed by atoms with Crippen LogP contribution in [0.15, 0.2) is 64.5 Å². The van der Waals surface area contributed by atoms with Gasteiger partial charge in [0.2, 0.25) is 9.84 Å². The number of fused-ring (bicyclic) bond motifs is 1. The second-order valence-corrected chi connectivity index (χ2v) is 10.4. The molecule has 2 fully saturated rings. The van der Waals surface area contributed by atoms with E-state index in [1.54, 1.807) is 24.3 Å². The van der Waals surface area contributed by atoms with Gasteiger partial charge in [0, 0.05) is 5.92 Å². The molecule has 2 heterocycles. The van der Waals surface area contributed by atoms with Crippen LogP contribution in [0.25, 0.3) is 0 Å². The average Bonchev–Trinajstić information content (AvgIpc) is 3.13.